The Balaban J connectivity index is 1.72. The van der Waals surface area contributed by atoms with E-state index in [1.807, 2.05) is 0 Å². The van der Waals surface area contributed by atoms with Crippen LogP contribution in [-0.2, 0) is 42.7 Å². The average molecular weight is 717 g/mol. The highest BCUT2D eigenvalue weighted by Crippen LogP contribution is 2.34. The lowest BCUT2D eigenvalue weighted by Gasteiger charge is -2.50. The van der Waals surface area contributed by atoms with E-state index in [9.17, 15) is 60.7 Å². The molecule has 12 N–H and O–H groups in total. The molecule has 0 saturated carbocycles. The van der Waals surface area contributed by atoms with E-state index in [-0.39, 0.29) is 0 Å². The molecule has 4 aliphatic heterocycles. The van der Waals surface area contributed by atoms with Gasteiger partial charge < -0.3 is 94.9 Å². The van der Waals surface area contributed by atoms with Crippen molar-refractivity contribution < 1.29 is 93.8 Å². The van der Waals surface area contributed by atoms with Crippen molar-refractivity contribution in [3.8, 4) is 0 Å². The Hall–Kier alpha value is -1.74. The molecule has 49 heavy (non-hydrogen) atoms. The van der Waals surface area contributed by atoms with Crippen molar-refractivity contribution in [3.63, 3.8) is 0 Å². The molecule has 0 radical (unpaired) electrons. The van der Waals surface area contributed by atoms with Crippen LogP contribution in [0.5, 0.6) is 0 Å². The van der Waals surface area contributed by atoms with Gasteiger partial charge in [0.1, 0.15) is 85.3 Å². The number of hydrogen-bond donors (Lipinski definition) is 12. The number of rotatable bonds is 10. The second-order valence-corrected chi connectivity index (χ2v) is 12.6. The summed E-state index contributed by atoms with van der Waals surface area (Å²) in [6.45, 7) is 3.54. The van der Waals surface area contributed by atoms with Crippen molar-refractivity contribution in [2.75, 3.05) is 13.2 Å². The Labute approximate surface area is 280 Å². The molecule has 0 spiro atoms. The van der Waals surface area contributed by atoms with Crippen molar-refractivity contribution in [2.24, 2.45) is 0 Å². The van der Waals surface area contributed by atoms with Crippen molar-refractivity contribution in [1.82, 2.24) is 10.6 Å². The van der Waals surface area contributed by atoms with E-state index in [1.165, 1.54) is 13.8 Å². The molecule has 21 heteroatoms. The molecule has 4 heterocycles. The first-order valence-corrected chi connectivity index (χ1v) is 15.8. The Morgan fingerprint density at radius 3 is 1.63 bits per heavy atom. The topological polar surface area (TPSA) is 325 Å². The molecule has 0 aromatic rings. The van der Waals surface area contributed by atoms with Gasteiger partial charge in [0.2, 0.25) is 11.8 Å². The number of ether oxygens (including phenoxy) is 7. The zero-order valence-electron chi connectivity index (χ0n) is 27.1. The first-order chi connectivity index (χ1) is 23.0. The van der Waals surface area contributed by atoms with Crippen molar-refractivity contribution in [1.29, 1.82) is 0 Å². The number of carbonyl (C=O) groups excluding carboxylic acids is 2. The van der Waals surface area contributed by atoms with Crippen LogP contribution in [0.4, 0.5) is 0 Å². The fourth-order valence-corrected chi connectivity index (χ4v) is 6.13. The van der Waals surface area contributed by atoms with Gasteiger partial charge in [0.15, 0.2) is 25.2 Å². The van der Waals surface area contributed by atoms with Gasteiger partial charge in [0, 0.05) is 13.8 Å². The van der Waals surface area contributed by atoms with E-state index >= 15 is 0 Å². The van der Waals surface area contributed by atoms with Crippen LogP contribution >= 0.6 is 0 Å². The van der Waals surface area contributed by atoms with Gasteiger partial charge in [-0.1, -0.05) is 0 Å². The molecule has 0 aromatic carbocycles. The molecule has 4 aliphatic rings. The standard InChI is InChI=1S/C28H48N2O19/c1-7-15(34)19(38)21(40)27(44-7)43-6-12-23(48-26-13(29-9(3)32)18(37)17(36)11(5-31)47-26)24(14(25(42)46-12)30-10(4)33)49-28-22(41)20(39)16(35)8(2)45-28/h7-8,11-28,31,34-42H,5-6H2,1-4H3,(H,29,32)(H,30,33)/t7-,8-,11+,12+,13+,14+,15+,16+,17+,18+,19+,20+,21-,22-,23+,24+,25+,26-,27-,28+/m0/s1. The molecule has 0 aliphatic carbocycles. The summed E-state index contributed by atoms with van der Waals surface area (Å²) in [7, 11) is 0. The van der Waals surface area contributed by atoms with Crippen molar-refractivity contribution >= 4 is 11.8 Å². The predicted molar refractivity (Wildman–Crippen MR) is 154 cm³/mol. The number of aliphatic hydroxyl groups excluding tert-OH is 10. The Kier molecular flexibility index (Phi) is 13.7. The summed E-state index contributed by atoms with van der Waals surface area (Å²) < 4.78 is 40.5. The number of nitrogens with one attached hydrogen (secondary N) is 2. The maximum absolute atomic E-state index is 12.3. The van der Waals surface area contributed by atoms with Crippen LogP contribution in [0.1, 0.15) is 27.7 Å². The normalized spacial score (nSPS) is 49.3. The van der Waals surface area contributed by atoms with Crippen LogP contribution < -0.4 is 10.6 Å². The largest absolute Gasteiger partial charge is 0.394 e. The van der Waals surface area contributed by atoms with Crippen LogP contribution in [0.25, 0.3) is 0 Å². The zero-order chi connectivity index (χ0) is 36.5. The summed E-state index contributed by atoms with van der Waals surface area (Å²) in [6.07, 6.45) is -28.8. The molecule has 2 amide bonds. The number of aliphatic hydroxyl groups is 10. The van der Waals surface area contributed by atoms with Crippen LogP contribution in [0.15, 0.2) is 0 Å². The van der Waals surface area contributed by atoms with Crippen LogP contribution in [0.3, 0.4) is 0 Å². The SMILES string of the molecule is CC(=O)N[C@@H]1[C@@H](O[C@H]2O[C@@H](C)[C@@H](O)[C@@H](O)[C@@H]2O)[C@H](O[C@@H]2O[C@H](CO)[C@@H](O)[C@H](O)[C@H]2NC(C)=O)[C@@H](CO[C@H]2O[C@@H](C)[C@@H](O)[C@@H](O)[C@@H]2O)O[C@H]1O. The molecule has 4 saturated heterocycles. The van der Waals surface area contributed by atoms with E-state index in [4.69, 9.17) is 33.2 Å². The molecular formula is C28H48N2O19. The van der Waals surface area contributed by atoms with Gasteiger partial charge in [-0.05, 0) is 13.8 Å². The Bertz CT molecular complexity index is 1110. The monoisotopic (exact) mass is 716 g/mol. The molecule has 0 bridgehead atoms. The zero-order valence-corrected chi connectivity index (χ0v) is 27.1. The van der Waals surface area contributed by atoms with E-state index in [0.29, 0.717) is 0 Å². The Morgan fingerprint density at radius 1 is 0.571 bits per heavy atom. The summed E-state index contributed by atoms with van der Waals surface area (Å²) in [5, 5.41) is 109. The highest BCUT2D eigenvalue weighted by atomic mass is 16.8. The second-order valence-electron chi connectivity index (χ2n) is 12.6. The highest BCUT2D eigenvalue weighted by molar-refractivity contribution is 5.73. The second kappa shape index (κ2) is 16.7. The Morgan fingerprint density at radius 2 is 1.08 bits per heavy atom. The van der Waals surface area contributed by atoms with Gasteiger partial charge in [-0.3, -0.25) is 9.59 Å². The molecule has 21 nitrogen and oxygen atoms in total. The summed E-state index contributed by atoms with van der Waals surface area (Å²) in [5.74, 6) is -1.39. The van der Waals surface area contributed by atoms with Gasteiger partial charge in [-0.2, -0.15) is 0 Å². The summed E-state index contributed by atoms with van der Waals surface area (Å²) >= 11 is 0. The molecule has 0 aromatic heterocycles. The summed E-state index contributed by atoms with van der Waals surface area (Å²) in [6, 6.07) is -3.03. The number of amides is 2. The third-order valence-corrected chi connectivity index (χ3v) is 8.91. The van der Waals surface area contributed by atoms with Crippen LogP contribution in [0, 0.1) is 0 Å². The lowest BCUT2D eigenvalue weighted by molar-refractivity contribution is -0.368. The first-order valence-electron chi connectivity index (χ1n) is 15.8. The van der Waals surface area contributed by atoms with E-state index < -0.39 is 148 Å². The minimum absolute atomic E-state index is 0.649. The van der Waals surface area contributed by atoms with Gasteiger partial charge in [0.05, 0.1) is 25.4 Å². The number of carbonyl (C=O) groups is 2. The van der Waals surface area contributed by atoms with E-state index in [0.717, 1.165) is 13.8 Å². The smallest absolute Gasteiger partial charge is 0.217 e. The first kappa shape index (κ1) is 40.0. The maximum atomic E-state index is 12.3. The summed E-state index contributed by atoms with van der Waals surface area (Å²) in [5.41, 5.74) is 0. The minimum Gasteiger partial charge on any atom is -0.394 e. The average Bonchev–Trinajstić information content (AvgIpc) is 3.04. The van der Waals surface area contributed by atoms with Crippen LogP contribution in [0.2, 0.25) is 0 Å². The maximum Gasteiger partial charge on any atom is 0.217 e. The van der Waals surface area contributed by atoms with Crippen molar-refractivity contribution in [2.45, 2.75) is 150 Å². The van der Waals surface area contributed by atoms with Gasteiger partial charge in [-0.25, -0.2) is 0 Å². The molecule has 4 fully saturated rings. The molecule has 0 unspecified atom stereocenters. The molecule has 20 atom stereocenters. The third-order valence-electron chi connectivity index (χ3n) is 8.91. The lowest BCUT2D eigenvalue weighted by Crippen LogP contribution is -2.70. The fraction of sp³-hybridized carbons (Fsp3) is 0.929. The van der Waals surface area contributed by atoms with E-state index in [1.54, 1.807) is 0 Å². The fourth-order valence-electron chi connectivity index (χ4n) is 6.13. The minimum atomic E-state index is -1.91. The number of hydrogen-bond acceptors (Lipinski definition) is 19. The third kappa shape index (κ3) is 8.84. The van der Waals surface area contributed by atoms with E-state index in [2.05, 4.69) is 10.6 Å². The van der Waals surface area contributed by atoms with Crippen LogP contribution in [-0.4, -0.2) is 199 Å². The quantitative estimate of drug-likeness (QED) is 0.0999. The lowest BCUT2D eigenvalue weighted by atomic mass is 9.93. The van der Waals surface area contributed by atoms with Gasteiger partial charge >= 0.3 is 0 Å². The molecule has 4 rings (SSSR count). The predicted octanol–water partition coefficient (Wildman–Crippen LogP) is -7.41. The molecule has 284 valence electrons. The van der Waals surface area contributed by atoms with Crippen molar-refractivity contribution in [3.05, 3.63) is 0 Å². The summed E-state index contributed by atoms with van der Waals surface area (Å²) in [4.78, 5) is 24.4. The van der Waals surface area contributed by atoms with Gasteiger partial charge in [0.25, 0.3) is 0 Å². The molecular weight excluding hydrogens is 668 g/mol. The highest BCUT2D eigenvalue weighted by Gasteiger charge is 2.55. The van der Waals surface area contributed by atoms with Gasteiger partial charge in [-0.15, -0.1) is 0 Å².